The van der Waals surface area contributed by atoms with Gasteiger partial charge in [-0.15, -0.1) is 0 Å². The van der Waals surface area contributed by atoms with E-state index in [1.807, 2.05) is 0 Å². The highest BCUT2D eigenvalue weighted by atomic mass is 15.1. The Morgan fingerprint density at radius 1 is 0.289 bits per heavy atom. The minimum atomic E-state index is 1.11. The topological polar surface area (TPSA) is 3.24 Å². The maximum Gasteiger partial charge on any atom is 0.0546 e. The van der Waals surface area contributed by atoms with Gasteiger partial charge in [-0.2, -0.15) is 0 Å². The van der Waals surface area contributed by atoms with Crippen LogP contribution in [0.4, 0.5) is 17.1 Å². The fourth-order valence-corrected chi connectivity index (χ4v) is 6.42. The van der Waals surface area contributed by atoms with Crippen molar-refractivity contribution in [3.8, 4) is 33.4 Å². The molecule has 0 spiro atoms. The van der Waals surface area contributed by atoms with Crippen molar-refractivity contribution >= 4 is 38.6 Å². The van der Waals surface area contributed by atoms with Crippen molar-refractivity contribution in [3.63, 3.8) is 0 Å². The van der Waals surface area contributed by atoms with Crippen LogP contribution in [0.3, 0.4) is 0 Å². The lowest BCUT2D eigenvalue weighted by Gasteiger charge is -2.29. The number of nitrogens with zero attached hydrogens (tertiary/aromatic N) is 1. The summed E-state index contributed by atoms with van der Waals surface area (Å²) in [7, 11) is 0. The van der Waals surface area contributed by atoms with Gasteiger partial charge in [0.25, 0.3) is 0 Å². The molecule has 8 aromatic carbocycles. The summed E-state index contributed by atoms with van der Waals surface area (Å²) in [4.78, 5) is 2.40. The zero-order valence-corrected chi connectivity index (χ0v) is 24.8. The lowest BCUT2D eigenvalue weighted by Crippen LogP contribution is -2.11. The molecule has 45 heavy (non-hydrogen) atoms. The molecule has 0 aromatic heterocycles. The van der Waals surface area contributed by atoms with Crippen LogP contribution in [0.1, 0.15) is 0 Å². The average Bonchev–Trinajstić information content (AvgIpc) is 3.12. The average molecular weight is 574 g/mol. The van der Waals surface area contributed by atoms with Gasteiger partial charge in [0, 0.05) is 16.9 Å². The molecule has 0 amide bonds. The van der Waals surface area contributed by atoms with E-state index in [4.69, 9.17) is 0 Å². The van der Waals surface area contributed by atoms with Crippen molar-refractivity contribution in [2.75, 3.05) is 4.90 Å². The highest BCUT2D eigenvalue weighted by Gasteiger charge is 2.19. The predicted molar refractivity (Wildman–Crippen MR) is 192 cm³/mol. The van der Waals surface area contributed by atoms with Crippen LogP contribution in [0.15, 0.2) is 188 Å². The van der Waals surface area contributed by atoms with Gasteiger partial charge in [0.05, 0.1) is 5.69 Å². The normalized spacial score (nSPS) is 11.1. The van der Waals surface area contributed by atoms with E-state index in [1.54, 1.807) is 0 Å². The third kappa shape index (κ3) is 5.15. The van der Waals surface area contributed by atoms with E-state index in [1.165, 1.54) is 54.9 Å². The number of benzene rings is 8. The van der Waals surface area contributed by atoms with Crippen LogP contribution in [-0.2, 0) is 0 Å². The number of fused-ring (bicyclic) bond motifs is 2. The quantitative estimate of drug-likeness (QED) is 0.191. The number of para-hydroxylation sites is 1. The third-order valence-corrected chi connectivity index (χ3v) is 8.63. The van der Waals surface area contributed by atoms with Gasteiger partial charge >= 0.3 is 0 Å². The molecule has 0 bridgehead atoms. The minimum absolute atomic E-state index is 1.11. The van der Waals surface area contributed by atoms with Crippen LogP contribution in [-0.4, -0.2) is 0 Å². The summed E-state index contributed by atoms with van der Waals surface area (Å²) < 4.78 is 0. The van der Waals surface area contributed by atoms with Gasteiger partial charge in [-0.05, 0) is 85.8 Å². The highest BCUT2D eigenvalue weighted by molar-refractivity contribution is 5.99. The van der Waals surface area contributed by atoms with Crippen molar-refractivity contribution in [3.05, 3.63) is 188 Å². The Morgan fingerprint density at radius 3 is 1.73 bits per heavy atom. The summed E-state index contributed by atoms with van der Waals surface area (Å²) in [5.74, 6) is 0. The second kappa shape index (κ2) is 11.6. The third-order valence-electron chi connectivity index (χ3n) is 8.63. The zero-order valence-electron chi connectivity index (χ0n) is 24.8. The van der Waals surface area contributed by atoms with Crippen LogP contribution in [0.25, 0.3) is 54.9 Å². The molecule has 212 valence electrons. The summed E-state index contributed by atoms with van der Waals surface area (Å²) in [6.45, 7) is 0. The molecule has 0 aliphatic heterocycles. The largest absolute Gasteiger partial charge is 0.310 e. The Morgan fingerprint density at radius 2 is 0.889 bits per heavy atom. The van der Waals surface area contributed by atoms with Crippen LogP contribution in [0.2, 0.25) is 0 Å². The molecule has 0 aliphatic carbocycles. The molecule has 0 saturated heterocycles. The van der Waals surface area contributed by atoms with Gasteiger partial charge in [0.15, 0.2) is 0 Å². The Labute approximate surface area is 264 Å². The van der Waals surface area contributed by atoms with E-state index in [-0.39, 0.29) is 0 Å². The summed E-state index contributed by atoms with van der Waals surface area (Å²) >= 11 is 0. The molecule has 1 heteroatoms. The molecular formula is C44H31N. The molecule has 0 saturated carbocycles. The Balaban J connectivity index is 1.35. The van der Waals surface area contributed by atoms with Gasteiger partial charge in [-0.25, -0.2) is 0 Å². The molecular weight excluding hydrogens is 542 g/mol. The summed E-state index contributed by atoms with van der Waals surface area (Å²) in [6.07, 6.45) is 0. The highest BCUT2D eigenvalue weighted by Crippen LogP contribution is 2.44. The number of rotatable bonds is 6. The second-order valence-electron chi connectivity index (χ2n) is 11.4. The van der Waals surface area contributed by atoms with E-state index >= 15 is 0 Å². The lowest BCUT2D eigenvalue weighted by molar-refractivity contribution is 1.28. The number of hydrogen-bond acceptors (Lipinski definition) is 1. The van der Waals surface area contributed by atoms with Crippen molar-refractivity contribution in [2.24, 2.45) is 0 Å². The van der Waals surface area contributed by atoms with E-state index < -0.39 is 0 Å². The molecule has 0 aliphatic rings. The van der Waals surface area contributed by atoms with Crippen molar-refractivity contribution in [2.45, 2.75) is 0 Å². The van der Waals surface area contributed by atoms with E-state index in [0.29, 0.717) is 0 Å². The molecule has 8 aromatic rings. The minimum Gasteiger partial charge on any atom is -0.310 e. The molecule has 8 rings (SSSR count). The fraction of sp³-hybridized carbons (Fsp3) is 0. The van der Waals surface area contributed by atoms with Crippen LogP contribution in [0, 0.1) is 0 Å². The smallest absolute Gasteiger partial charge is 0.0546 e. The Hall–Kier alpha value is -5.92. The van der Waals surface area contributed by atoms with E-state index in [0.717, 1.165) is 17.1 Å². The van der Waals surface area contributed by atoms with Crippen molar-refractivity contribution < 1.29 is 0 Å². The standard InChI is InChI=1S/C44H31N/c1-3-14-34(15-4-1)43-28-27-38(42-24-12-18-33-16-9-10-23-41(33)42)31-44(43)45(39-20-5-2-6-21-39)40-22-11-19-36(30-40)37-26-25-32-13-7-8-17-35(32)29-37/h1-31H. The lowest BCUT2D eigenvalue weighted by atomic mass is 9.94. The summed E-state index contributed by atoms with van der Waals surface area (Å²) in [6, 6.07) is 67.7. The van der Waals surface area contributed by atoms with Gasteiger partial charge in [-0.1, -0.05) is 152 Å². The fourth-order valence-electron chi connectivity index (χ4n) is 6.42. The molecule has 0 unspecified atom stereocenters. The molecule has 1 nitrogen and oxygen atoms in total. The first-order valence-electron chi connectivity index (χ1n) is 15.4. The Bertz CT molecular complexity index is 2260. The maximum absolute atomic E-state index is 2.40. The van der Waals surface area contributed by atoms with Gasteiger partial charge in [0.2, 0.25) is 0 Å². The van der Waals surface area contributed by atoms with Crippen LogP contribution in [0.5, 0.6) is 0 Å². The predicted octanol–water partition coefficient (Wildman–Crippen LogP) is 12.5. The van der Waals surface area contributed by atoms with Crippen LogP contribution < -0.4 is 4.90 Å². The molecule has 0 fully saturated rings. The SMILES string of the molecule is c1ccc(-c2ccc(-c3cccc4ccccc34)cc2N(c2ccccc2)c2cccc(-c3ccc4ccccc4c3)c2)cc1. The molecule has 0 atom stereocenters. The monoisotopic (exact) mass is 573 g/mol. The van der Waals surface area contributed by atoms with E-state index in [2.05, 4.69) is 193 Å². The van der Waals surface area contributed by atoms with Crippen LogP contribution >= 0.6 is 0 Å². The first kappa shape index (κ1) is 26.7. The maximum atomic E-state index is 2.40. The molecule has 0 N–H and O–H groups in total. The number of hydrogen-bond donors (Lipinski definition) is 0. The number of anilines is 3. The van der Waals surface area contributed by atoms with E-state index in [9.17, 15) is 0 Å². The summed E-state index contributed by atoms with van der Waals surface area (Å²) in [5.41, 5.74) is 10.5. The van der Waals surface area contributed by atoms with Gasteiger partial charge in [0.1, 0.15) is 0 Å². The van der Waals surface area contributed by atoms with Crippen molar-refractivity contribution in [1.82, 2.24) is 0 Å². The van der Waals surface area contributed by atoms with Crippen molar-refractivity contribution in [1.29, 1.82) is 0 Å². The Kier molecular flexibility index (Phi) is 6.90. The van der Waals surface area contributed by atoms with Gasteiger partial charge < -0.3 is 4.90 Å². The zero-order chi connectivity index (χ0) is 30.0. The molecule has 0 radical (unpaired) electrons. The molecule has 0 heterocycles. The second-order valence-corrected chi connectivity index (χ2v) is 11.4. The first-order chi connectivity index (χ1) is 22.3. The summed E-state index contributed by atoms with van der Waals surface area (Å²) in [5, 5.41) is 4.99. The first-order valence-corrected chi connectivity index (χ1v) is 15.4. The van der Waals surface area contributed by atoms with Gasteiger partial charge in [-0.3, -0.25) is 0 Å².